The van der Waals surface area contributed by atoms with E-state index >= 15 is 0 Å². The van der Waals surface area contributed by atoms with Crippen molar-refractivity contribution >= 4 is 38.7 Å². The Labute approximate surface area is 188 Å². The molecule has 1 aromatic carbocycles. The van der Waals surface area contributed by atoms with Gasteiger partial charge in [-0.2, -0.15) is 9.97 Å². The number of carboxylic acid groups (broad SMARTS) is 1. The van der Waals surface area contributed by atoms with Gasteiger partial charge in [0.05, 0.1) is 16.6 Å². The normalized spacial score (nSPS) is 26.1. The number of ether oxygens (including phenoxy) is 1. The second-order valence-corrected chi connectivity index (χ2v) is 9.51. The summed E-state index contributed by atoms with van der Waals surface area (Å²) in [6, 6.07) is 3.74. The van der Waals surface area contributed by atoms with Crippen LogP contribution in [0.4, 0.5) is 15.0 Å². The highest BCUT2D eigenvalue weighted by Crippen LogP contribution is 2.36. The Morgan fingerprint density at radius 3 is 2.65 bits per heavy atom. The summed E-state index contributed by atoms with van der Waals surface area (Å²) in [6.07, 6.45) is 2.96. The SMILES string of the molecule is CN1CCC[C@H]1COc1nc(N2CC3CCC(C2)N3C(=O)O)c2ccc(Br)c(F)c2n1. The van der Waals surface area contributed by atoms with Crippen LogP contribution < -0.4 is 9.64 Å². The fourth-order valence-electron chi connectivity index (χ4n) is 5.16. The number of halogens is 2. The van der Waals surface area contributed by atoms with E-state index in [0.29, 0.717) is 41.4 Å². The zero-order chi connectivity index (χ0) is 21.7. The molecule has 8 nitrogen and oxygen atoms in total. The van der Waals surface area contributed by atoms with Gasteiger partial charge in [0.15, 0.2) is 5.82 Å². The second-order valence-electron chi connectivity index (χ2n) is 8.65. The number of carbonyl (C=O) groups is 1. The van der Waals surface area contributed by atoms with Crippen molar-refractivity contribution in [3.63, 3.8) is 0 Å². The first kappa shape index (κ1) is 20.7. The summed E-state index contributed by atoms with van der Waals surface area (Å²) in [5.41, 5.74) is 0.210. The van der Waals surface area contributed by atoms with Crippen molar-refractivity contribution < 1.29 is 19.0 Å². The van der Waals surface area contributed by atoms with E-state index in [1.54, 1.807) is 17.0 Å². The quantitative estimate of drug-likeness (QED) is 0.699. The molecule has 2 unspecified atom stereocenters. The monoisotopic (exact) mass is 493 g/mol. The van der Waals surface area contributed by atoms with Crippen molar-refractivity contribution in [2.75, 3.05) is 38.2 Å². The first-order valence-corrected chi connectivity index (χ1v) is 11.5. The lowest BCUT2D eigenvalue weighted by atomic mass is 10.1. The number of anilines is 1. The highest BCUT2D eigenvalue weighted by Gasteiger charge is 2.43. The molecular weight excluding hydrogens is 469 g/mol. The van der Waals surface area contributed by atoms with Crippen molar-refractivity contribution in [3.05, 3.63) is 22.4 Å². The molecule has 0 radical (unpaired) electrons. The van der Waals surface area contributed by atoms with E-state index < -0.39 is 11.9 Å². The van der Waals surface area contributed by atoms with Crippen molar-refractivity contribution in [3.8, 4) is 6.01 Å². The van der Waals surface area contributed by atoms with Gasteiger partial charge < -0.3 is 19.6 Å². The van der Waals surface area contributed by atoms with Gasteiger partial charge in [-0.05, 0) is 67.3 Å². The molecule has 0 saturated carbocycles. The number of likely N-dealkylation sites (tertiary alicyclic amines) is 1. The van der Waals surface area contributed by atoms with E-state index in [2.05, 4.69) is 42.7 Å². The molecule has 0 spiro atoms. The van der Waals surface area contributed by atoms with Gasteiger partial charge in [0.2, 0.25) is 0 Å². The molecule has 3 saturated heterocycles. The molecule has 3 aliphatic rings. The lowest BCUT2D eigenvalue weighted by molar-refractivity contribution is 0.114. The van der Waals surface area contributed by atoms with E-state index in [4.69, 9.17) is 4.74 Å². The number of rotatable bonds is 4. The molecule has 2 aromatic rings. The molecule has 3 fully saturated rings. The topological polar surface area (TPSA) is 82.0 Å². The van der Waals surface area contributed by atoms with Gasteiger partial charge in [-0.1, -0.05) is 0 Å². The average Bonchev–Trinajstić information content (AvgIpc) is 3.28. The molecule has 31 heavy (non-hydrogen) atoms. The molecule has 1 aromatic heterocycles. The molecule has 4 heterocycles. The molecule has 3 aliphatic heterocycles. The Morgan fingerprint density at radius 2 is 2.00 bits per heavy atom. The largest absolute Gasteiger partial charge is 0.465 e. The second kappa shape index (κ2) is 8.05. The minimum atomic E-state index is -0.876. The van der Waals surface area contributed by atoms with Crippen LogP contribution in [0, 0.1) is 5.82 Å². The van der Waals surface area contributed by atoms with Crippen LogP contribution in [0.1, 0.15) is 25.7 Å². The van der Waals surface area contributed by atoms with E-state index in [-0.39, 0.29) is 23.6 Å². The summed E-state index contributed by atoms with van der Waals surface area (Å²) in [6.45, 7) is 2.54. The van der Waals surface area contributed by atoms with Gasteiger partial charge in [-0.3, -0.25) is 4.90 Å². The summed E-state index contributed by atoms with van der Waals surface area (Å²) < 4.78 is 21.2. The number of amides is 1. The predicted molar refractivity (Wildman–Crippen MR) is 117 cm³/mol. The number of benzene rings is 1. The molecule has 5 rings (SSSR count). The number of nitrogens with zero attached hydrogens (tertiary/aromatic N) is 5. The third-order valence-corrected chi connectivity index (χ3v) is 7.41. The van der Waals surface area contributed by atoms with Gasteiger partial charge >= 0.3 is 12.1 Å². The lowest BCUT2D eigenvalue weighted by Gasteiger charge is -2.40. The summed E-state index contributed by atoms with van der Waals surface area (Å²) in [4.78, 5) is 26.6. The first-order valence-electron chi connectivity index (χ1n) is 10.7. The van der Waals surface area contributed by atoms with Gasteiger partial charge in [0.25, 0.3) is 0 Å². The van der Waals surface area contributed by atoms with Crippen molar-refractivity contribution in [2.24, 2.45) is 0 Å². The van der Waals surface area contributed by atoms with Crippen LogP contribution >= 0.6 is 15.9 Å². The molecule has 1 amide bonds. The minimum Gasteiger partial charge on any atom is -0.465 e. The maximum atomic E-state index is 15.0. The van der Waals surface area contributed by atoms with Crippen LogP contribution in [-0.4, -0.2) is 82.4 Å². The highest BCUT2D eigenvalue weighted by molar-refractivity contribution is 9.10. The van der Waals surface area contributed by atoms with Crippen LogP contribution in [-0.2, 0) is 0 Å². The van der Waals surface area contributed by atoms with Crippen LogP contribution in [0.25, 0.3) is 10.9 Å². The van der Waals surface area contributed by atoms with Crippen LogP contribution in [0.2, 0.25) is 0 Å². The fourth-order valence-corrected chi connectivity index (χ4v) is 5.48. The van der Waals surface area contributed by atoms with Gasteiger partial charge in [-0.15, -0.1) is 0 Å². The predicted octanol–water partition coefficient (Wildman–Crippen LogP) is 3.34. The number of aromatic nitrogens is 2. The number of likely N-dealkylation sites (N-methyl/N-ethyl adjacent to an activating group) is 1. The minimum absolute atomic E-state index is 0.0851. The first-order chi connectivity index (χ1) is 14.9. The van der Waals surface area contributed by atoms with Gasteiger partial charge in [-0.25, -0.2) is 9.18 Å². The maximum Gasteiger partial charge on any atom is 0.407 e. The number of piperazine rings is 1. The third-order valence-electron chi connectivity index (χ3n) is 6.80. The Bertz CT molecular complexity index is 1010. The summed E-state index contributed by atoms with van der Waals surface area (Å²) in [5.74, 6) is 0.157. The molecule has 1 N–H and O–H groups in total. The van der Waals surface area contributed by atoms with Crippen molar-refractivity contribution in [1.82, 2.24) is 19.8 Å². The van der Waals surface area contributed by atoms with Gasteiger partial charge in [0, 0.05) is 24.5 Å². The third kappa shape index (κ3) is 3.69. The van der Waals surface area contributed by atoms with Crippen molar-refractivity contribution in [2.45, 2.75) is 43.8 Å². The standard InChI is InChI=1S/C21H25BrFN5O3/c1-26-8-2-3-14(26)11-31-20-24-18-15(6-7-16(22)17(18)23)19(25-20)27-9-12-4-5-13(10-27)28(12)21(29)30/h6-7,12-14H,2-5,8-11H2,1H3,(H,29,30)/t12?,13?,14-/m0/s1. The summed E-state index contributed by atoms with van der Waals surface area (Å²) >= 11 is 3.25. The van der Waals surface area contributed by atoms with Gasteiger partial charge in [0.1, 0.15) is 17.9 Å². The number of hydrogen-bond acceptors (Lipinski definition) is 6. The Hall–Kier alpha value is -2.20. The summed E-state index contributed by atoms with van der Waals surface area (Å²) in [7, 11) is 2.07. The number of hydrogen-bond donors (Lipinski definition) is 1. The fraction of sp³-hybridized carbons (Fsp3) is 0.571. The molecule has 2 bridgehead atoms. The Kier molecular flexibility index (Phi) is 5.37. The van der Waals surface area contributed by atoms with Crippen molar-refractivity contribution in [1.29, 1.82) is 0 Å². The average molecular weight is 494 g/mol. The number of fused-ring (bicyclic) bond motifs is 3. The zero-order valence-corrected chi connectivity index (χ0v) is 18.9. The molecular formula is C21H25BrFN5O3. The maximum absolute atomic E-state index is 15.0. The lowest BCUT2D eigenvalue weighted by Crippen LogP contribution is -2.55. The van der Waals surface area contributed by atoms with Crippen LogP contribution in [0.5, 0.6) is 6.01 Å². The molecule has 10 heteroatoms. The molecule has 3 atom stereocenters. The Balaban J connectivity index is 1.49. The summed E-state index contributed by atoms with van der Waals surface area (Å²) in [5, 5.41) is 10.2. The Morgan fingerprint density at radius 1 is 1.26 bits per heavy atom. The van der Waals surface area contributed by atoms with E-state index in [9.17, 15) is 14.3 Å². The van der Waals surface area contributed by atoms with E-state index in [1.165, 1.54) is 0 Å². The highest BCUT2D eigenvalue weighted by atomic mass is 79.9. The molecule has 166 valence electrons. The molecule has 0 aliphatic carbocycles. The van der Waals surface area contributed by atoms with E-state index in [1.807, 2.05) is 0 Å². The van der Waals surface area contributed by atoms with E-state index in [0.717, 1.165) is 32.2 Å². The van der Waals surface area contributed by atoms with Crippen LogP contribution in [0.3, 0.4) is 0 Å². The zero-order valence-electron chi connectivity index (χ0n) is 17.3. The smallest absolute Gasteiger partial charge is 0.407 e. The van der Waals surface area contributed by atoms with Crippen LogP contribution in [0.15, 0.2) is 16.6 Å².